The van der Waals surface area contributed by atoms with Gasteiger partial charge in [-0.15, -0.1) is 0 Å². The largest absolute Gasteiger partial charge is 2.00 e. The molecule has 0 aliphatic rings. The molecular formula is C12H10O6PtS2. The minimum atomic E-state index is -4.25. The summed E-state index contributed by atoms with van der Waals surface area (Å²) in [5.41, 5.74) is 0. The number of rotatable bonds is 2. The van der Waals surface area contributed by atoms with E-state index in [2.05, 4.69) is 0 Å². The van der Waals surface area contributed by atoms with E-state index in [0.29, 0.717) is 0 Å². The Morgan fingerprint density at radius 3 is 0.952 bits per heavy atom. The topological polar surface area (TPSA) is 114 Å². The predicted molar refractivity (Wildman–Crippen MR) is 68.8 cm³/mol. The van der Waals surface area contributed by atoms with Gasteiger partial charge in [0, 0.05) is 0 Å². The third kappa shape index (κ3) is 7.49. The zero-order valence-corrected chi connectivity index (χ0v) is 14.3. The monoisotopic (exact) mass is 509 g/mol. The van der Waals surface area contributed by atoms with Crippen molar-refractivity contribution in [3.8, 4) is 0 Å². The number of benzene rings is 2. The first kappa shape index (κ1) is 19.9. The Kier molecular flexibility index (Phi) is 7.98. The van der Waals surface area contributed by atoms with Gasteiger partial charge in [-0.3, -0.25) is 0 Å². The van der Waals surface area contributed by atoms with Crippen molar-refractivity contribution in [2.75, 3.05) is 0 Å². The summed E-state index contributed by atoms with van der Waals surface area (Å²) in [6.45, 7) is 0. The maximum Gasteiger partial charge on any atom is 2.00 e. The molecule has 0 radical (unpaired) electrons. The van der Waals surface area contributed by atoms with E-state index in [0.717, 1.165) is 0 Å². The van der Waals surface area contributed by atoms with Crippen LogP contribution in [0, 0.1) is 0 Å². The Morgan fingerprint density at radius 2 is 0.810 bits per heavy atom. The SMILES string of the molecule is O=S(=O)([O-])c1ccccc1.O=S(=O)([O-])c1ccccc1.[Pt+2]. The second-order valence-corrected chi connectivity index (χ2v) is 6.29. The van der Waals surface area contributed by atoms with E-state index in [-0.39, 0.29) is 30.9 Å². The molecule has 116 valence electrons. The van der Waals surface area contributed by atoms with Gasteiger partial charge in [-0.1, -0.05) is 36.4 Å². The Balaban J connectivity index is 0.000000364. The van der Waals surface area contributed by atoms with Crippen molar-refractivity contribution in [1.29, 1.82) is 0 Å². The molecule has 2 rings (SSSR count). The molecule has 0 atom stereocenters. The second-order valence-electron chi connectivity index (χ2n) is 3.53. The first-order valence-electron chi connectivity index (χ1n) is 5.23. The Hall–Kier alpha value is -1.05. The van der Waals surface area contributed by atoms with E-state index < -0.39 is 20.2 Å². The van der Waals surface area contributed by atoms with Crippen LogP contribution in [0.2, 0.25) is 0 Å². The maximum absolute atomic E-state index is 10.3. The summed E-state index contributed by atoms with van der Waals surface area (Å²) in [4.78, 5) is -0.370. The molecule has 0 unspecified atom stereocenters. The molecule has 0 saturated heterocycles. The van der Waals surface area contributed by atoms with Crippen molar-refractivity contribution in [2.45, 2.75) is 9.79 Å². The van der Waals surface area contributed by atoms with Crippen molar-refractivity contribution >= 4 is 20.2 Å². The van der Waals surface area contributed by atoms with Crippen molar-refractivity contribution in [2.24, 2.45) is 0 Å². The average molecular weight is 509 g/mol. The van der Waals surface area contributed by atoms with Crippen LogP contribution in [0.25, 0.3) is 0 Å². The van der Waals surface area contributed by atoms with Gasteiger partial charge in [0.15, 0.2) is 0 Å². The molecule has 0 heterocycles. The third-order valence-corrected chi connectivity index (χ3v) is 3.76. The fourth-order valence-corrected chi connectivity index (χ4v) is 2.16. The minimum absolute atomic E-state index is 0. The molecule has 9 heteroatoms. The van der Waals surface area contributed by atoms with E-state index in [9.17, 15) is 25.9 Å². The molecule has 0 aliphatic carbocycles. The molecule has 0 spiro atoms. The van der Waals surface area contributed by atoms with E-state index in [1.807, 2.05) is 0 Å². The van der Waals surface area contributed by atoms with Gasteiger partial charge >= 0.3 is 21.1 Å². The molecule has 0 N–H and O–H groups in total. The van der Waals surface area contributed by atoms with Gasteiger partial charge < -0.3 is 9.11 Å². The second kappa shape index (κ2) is 8.41. The molecule has 0 amide bonds. The van der Waals surface area contributed by atoms with Crippen molar-refractivity contribution in [1.82, 2.24) is 0 Å². The molecule has 0 bridgehead atoms. The summed E-state index contributed by atoms with van der Waals surface area (Å²) >= 11 is 0. The molecule has 6 nitrogen and oxygen atoms in total. The minimum Gasteiger partial charge on any atom is -0.744 e. The number of hydrogen-bond donors (Lipinski definition) is 0. The van der Waals surface area contributed by atoms with Crippen molar-refractivity contribution in [3.63, 3.8) is 0 Å². The van der Waals surface area contributed by atoms with Gasteiger partial charge in [-0.2, -0.15) is 0 Å². The summed E-state index contributed by atoms with van der Waals surface area (Å²) in [6, 6.07) is 14.4. The van der Waals surface area contributed by atoms with Crippen LogP contribution in [0.3, 0.4) is 0 Å². The Morgan fingerprint density at radius 1 is 0.571 bits per heavy atom. The van der Waals surface area contributed by atoms with Crippen molar-refractivity contribution < 1.29 is 47.0 Å². The van der Waals surface area contributed by atoms with E-state index in [4.69, 9.17) is 0 Å². The predicted octanol–water partition coefficient (Wildman–Crippen LogP) is 1.18. The fraction of sp³-hybridized carbons (Fsp3) is 0. The molecule has 0 saturated carbocycles. The van der Waals surface area contributed by atoms with Crippen LogP contribution in [0.5, 0.6) is 0 Å². The standard InChI is InChI=1S/2C6H6O3S.Pt/c2*7-10(8,9)6-4-2-1-3-5-6;/h2*1-5H,(H,7,8,9);/q;;+2/p-2. The van der Waals surface area contributed by atoms with Gasteiger partial charge in [-0.25, -0.2) is 16.8 Å². The molecule has 0 aromatic heterocycles. The molecule has 2 aromatic rings. The summed E-state index contributed by atoms with van der Waals surface area (Å²) in [7, 11) is -8.51. The summed E-state index contributed by atoms with van der Waals surface area (Å²) in [5, 5.41) is 0. The first-order valence-corrected chi connectivity index (χ1v) is 8.05. The van der Waals surface area contributed by atoms with Crippen LogP contribution < -0.4 is 0 Å². The number of hydrogen-bond acceptors (Lipinski definition) is 6. The first-order chi connectivity index (χ1) is 9.21. The summed E-state index contributed by atoms with van der Waals surface area (Å²) in [6.07, 6.45) is 0. The van der Waals surface area contributed by atoms with E-state index in [1.165, 1.54) is 48.5 Å². The van der Waals surface area contributed by atoms with Crippen LogP contribution >= 0.6 is 0 Å². The molecule has 0 fully saturated rings. The average Bonchev–Trinajstić information content (AvgIpc) is 2.40. The van der Waals surface area contributed by atoms with Gasteiger partial charge in [0.2, 0.25) is 0 Å². The zero-order chi connectivity index (χ0) is 15.2. The molecule has 0 aliphatic heterocycles. The van der Waals surface area contributed by atoms with Crippen LogP contribution in [-0.2, 0) is 41.3 Å². The molecule has 2 aromatic carbocycles. The Bertz CT molecular complexity index is 675. The Labute approximate surface area is 137 Å². The molecular weight excluding hydrogens is 499 g/mol. The summed E-state index contributed by atoms with van der Waals surface area (Å²) in [5.74, 6) is 0. The quantitative estimate of drug-likeness (QED) is 0.562. The van der Waals surface area contributed by atoms with Crippen LogP contribution in [0.15, 0.2) is 70.5 Å². The van der Waals surface area contributed by atoms with Crippen LogP contribution in [0.4, 0.5) is 0 Å². The summed E-state index contributed by atoms with van der Waals surface area (Å²) < 4.78 is 61.7. The van der Waals surface area contributed by atoms with Gasteiger partial charge in [0.05, 0.1) is 9.79 Å². The van der Waals surface area contributed by atoms with E-state index in [1.54, 1.807) is 12.1 Å². The maximum atomic E-state index is 10.3. The normalized spacial score (nSPS) is 10.8. The fourth-order valence-electron chi connectivity index (χ4n) is 1.17. The smallest absolute Gasteiger partial charge is 0.744 e. The van der Waals surface area contributed by atoms with E-state index >= 15 is 0 Å². The molecule has 21 heavy (non-hydrogen) atoms. The van der Waals surface area contributed by atoms with Gasteiger partial charge in [-0.05, 0) is 24.3 Å². The zero-order valence-electron chi connectivity index (χ0n) is 10.4. The van der Waals surface area contributed by atoms with Gasteiger partial charge in [0.1, 0.15) is 20.2 Å². The third-order valence-electron chi connectivity index (χ3n) is 2.06. The van der Waals surface area contributed by atoms with Crippen LogP contribution in [-0.4, -0.2) is 25.9 Å². The van der Waals surface area contributed by atoms with Crippen molar-refractivity contribution in [3.05, 3.63) is 60.7 Å². The van der Waals surface area contributed by atoms with Crippen LogP contribution in [0.1, 0.15) is 0 Å². The van der Waals surface area contributed by atoms with Gasteiger partial charge in [0.25, 0.3) is 0 Å².